The van der Waals surface area contributed by atoms with Crippen molar-refractivity contribution in [2.24, 2.45) is 0 Å². The van der Waals surface area contributed by atoms with E-state index in [1.807, 2.05) is 0 Å². The van der Waals surface area contributed by atoms with Gasteiger partial charge in [-0.05, 0) is 18.2 Å². The van der Waals surface area contributed by atoms with Crippen LogP contribution >= 0.6 is 0 Å². The molecule has 0 amide bonds. The third-order valence-electron chi connectivity index (χ3n) is 3.34. The maximum Gasteiger partial charge on any atom is 0.416 e. The van der Waals surface area contributed by atoms with E-state index in [1.165, 1.54) is 25.7 Å². The minimum atomic E-state index is -4.96. The minimum Gasteiger partial charge on any atom is -0.480 e. The number of benzene rings is 1. The highest BCUT2D eigenvalue weighted by Crippen LogP contribution is 2.38. The summed E-state index contributed by atoms with van der Waals surface area (Å²) < 4.78 is 75.4. The first kappa shape index (κ1) is 24.1. The van der Waals surface area contributed by atoms with Crippen molar-refractivity contribution in [3.63, 3.8) is 0 Å². The van der Waals surface area contributed by atoms with Gasteiger partial charge in [0.25, 0.3) is 0 Å². The molecule has 0 aromatic heterocycles. The molecule has 150 valence electrons. The normalized spacial score (nSPS) is 11.6. The third kappa shape index (κ3) is 8.96. The fourth-order valence-corrected chi connectivity index (χ4v) is 1.95. The van der Waals surface area contributed by atoms with Crippen LogP contribution in [0.15, 0.2) is 18.2 Å². The first-order valence-corrected chi connectivity index (χ1v) is 8.05. The van der Waals surface area contributed by atoms with Gasteiger partial charge in [0.15, 0.2) is 0 Å². The third-order valence-corrected chi connectivity index (χ3v) is 3.34. The molecule has 0 fully saturated rings. The Morgan fingerprint density at radius 2 is 1.31 bits per heavy atom. The first-order valence-electron chi connectivity index (χ1n) is 8.05. The van der Waals surface area contributed by atoms with Crippen molar-refractivity contribution < 1.29 is 36.2 Å². The molecule has 0 unspecified atom stereocenters. The Morgan fingerprint density at radius 3 is 1.58 bits per heavy atom. The standard InChI is InChI=1S/C11H9F6NO2.C6H14/c1-18(5-9(19)20)8-3-6(10(12,13)14)2-7(4-8)11(15,16)17;1-3-5-6-4-2/h2-4H,5H2,1H3,(H,19,20);3-6H2,1-2H3. The summed E-state index contributed by atoms with van der Waals surface area (Å²) in [6.07, 6.45) is -4.38. The van der Waals surface area contributed by atoms with Gasteiger partial charge in [-0.1, -0.05) is 39.5 Å². The molecule has 0 saturated heterocycles. The molecule has 1 aromatic rings. The number of halogens is 6. The van der Waals surface area contributed by atoms with Gasteiger partial charge in [-0.15, -0.1) is 0 Å². The Morgan fingerprint density at radius 1 is 0.923 bits per heavy atom. The van der Waals surface area contributed by atoms with Gasteiger partial charge in [0.05, 0.1) is 11.1 Å². The van der Waals surface area contributed by atoms with Crippen LogP contribution in [-0.2, 0) is 17.1 Å². The van der Waals surface area contributed by atoms with Crippen molar-refractivity contribution in [2.75, 3.05) is 18.5 Å². The van der Waals surface area contributed by atoms with E-state index in [1.54, 1.807) is 0 Å². The van der Waals surface area contributed by atoms with Gasteiger partial charge < -0.3 is 10.0 Å². The molecule has 9 heteroatoms. The van der Waals surface area contributed by atoms with Gasteiger partial charge in [0, 0.05) is 12.7 Å². The average Bonchev–Trinajstić information content (AvgIpc) is 2.50. The van der Waals surface area contributed by atoms with Crippen LogP contribution in [0, 0.1) is 0 Å². The number of carboxylic acid groups (broad SMARTS) is 1. The molecule has 0 atom stereocenters. The topological polar surface area (TPSA) is 40.5 Å². The van der Waals surface area contributed by atoms with Gasteiger partial charge in [0.1, 0.15) is 6.54 Å². The number of hydrogen-bond acceptors (Lipinski definition) is 2. The zero-order chi connectivity index (χ0) is 20.5. The van der Waals surface area contributed by atoms with E-state index in [9.17, 15) is 31.1 Å². The van der Waals surface area contributed by atoms with Gasteiger partial charge >= 0.3 is 18.3 Å². The van der Waals surface area contributed by atoms with E-state index in [0.717, 1.165) is 11.9 Å². The summed E-state index contributed by atoms with van der Waals surface area (Å²) in [7, 11) is 1.09. The van der Waals surface area contributed by atoms with E-state index in [4.69, 9.17) is 5.11 Å². The Bertz CT molecular complexity index is 533. The van der Waals surface area contributed by atoms with E-state index >= 15 is 0 Å². The molecule has 0 aliphatic heterocycles. The van der Waals surface area contributed by atoms with Crippen molar-refractivity contribution in [1.29, 1.82) is 0 Å². The number of unbranched alkanes of at least 4 members (excludes halogenated alkanes) is 3. The second-order valence-corrected chi connectivity index (χ2v) is 5.72. The number of carbonyl (C=O) groups is 1. The van der Waals surface area contributed by atoms with Gasteiger partial charge in [-0.3, -0.25) is 4.79 Å². The zero-order valence-electron chi connectivity index (χ0n) is 14.8. The smallest absolute Gasteiger partial charge is 0.416 e. The highest BCUT2D eigenvalue weighted by molar-refractivity contribution is 5.73. The molecule has 26 heavy (non-hydrogen) atoms. The van der Waals surface area contributed by atoms with E-state index in [2.05, 4.69) is 13.8 Å². The summed E-state index contributed by atoms with van der Waals surface area (Å²) in [4.78, 5) is 11.2. The van der Waals surface area contributed by atoms with Gasteiger partial charge in [0.2, 0.25) is 0 Å². The van der Waals surface area contributed by atoms with Crippen molar-refractivity contribution in [3.8, 4) is 0 Å². The molecule has 0 bridgehead atoms. The van der Waals surface area contributed by atoms with Crippen LogP contribution < -0.4 is 4.90 Å². The van der Waals surface area contributed by atoms with E-state index in [-0.39, 0.29) is 6.07 Å². The van der Waals surface area contributed by atoms with Crippen molar-refractivity contribution in [3.05, 3.63) is 29.3 Å². The maximum absolute atomic E-state index is 12.6. The second kappa shape index (κ2) is 10.3. The lowest BCUT2D eigenvalue weighted by molar-refractivity contribution is -0.143. The summed E-state index contributed by atoms with van der Waals surface area (Å²) in [5.74, 6) is -1.38. The van der Waals surface area contributed by atoms with Crippen molar-refractivity contribution in [1.82, 2.24) is 0 Å². The lowest BCUT2D eigenvalue weighted by Gasteiger charge is -2.20. The first-order chi connectivity index (χ1) is 11.8. The van der Waals surface area contributed by atoms with Crippen LogP contribution in [-0.4, -0.2) is 24.7 Å². The highest BCUT2D eigenvalue weighted by Gasteiger charge is 2.37. The average molecular weight is 387 g/mol. The zero-order valence-corrected chi connectivity index (χ0v) is 14.8. The fraction of sp³-hybridized carbons (Fsp3) is 0.588. The highest BCUT2D eigenvalue weighted by atomic mass is 19.4. The van der Waals surface area contributed by atoms with Crippen LogP contribution in [0.3, 0.4) is 0 Å². The summed E-state index contributed by atoms with van der Waals surface area (Å²) in [6.45, 7) is 3.74. The van der Waals surface area contributed by atoms with Crippen LogP contribution in [0.5, 0.6) is 0 Å². The number of nitrogens with zero attached hydrogens (tertiary/aromatic N) is 1. The van der Waals surface area contributed by atoms with Crippen LogP contribution in [0.2, 0.25) is 0 Å². The largest absolute Gasteiger partial charge is 0.480 e. The number of hydrogen-bond donors (Lipinski definition) is 1. The predicted molar refractivity (Wildman–Crippen MR) is 87.2 cm³/mol. The Balaban J connectivity index is 0.000000896. The van der Waals surface area contributed by atoms with E-state index < -0.39 is 41.7 Å². The SMILES string of the molecule is CCCCCC.CN(CC(=O)O)c1cc(C(F)(F)F)cc(C(F)(F)F)c1. The molecule has 0 aliphatic rings. The predicted octanol–water partition coefficient (Wildman–Crippen LogP) is 5.83. The molecule has 1 N–H and O–H groups in total. The monoisotopic (exact) mass is 387 g/mol. The fourth-order valence-electron chi connectivity index (χ4n) is 1.95. The maximum atomic E-state index is 12.6. The molecular formula is C17H23F6NO2. The number of rotatable bonds is 6. The molecule has 3 nitrogen and oxygen atoms in total. The van der Waals surface area contributed by atoms with Gasteiger partial charge in [-0.2, -0.15) is 26.3 Å². The van der Waals surface area contributed by atoms with Crippen LogP contribution in [0.4, 0.5) is 32.0 Å². The lowest BCUT2D eigenvalue weighted by atomic mass is 10.1. The molecular weight excluding hydrogens is 364 g/mol. The Labute approximate surface area is 148 Å². The number of carboxylic acids is 1. The Kier molecular flexibility index (Phi) is 9.51. The molecule has 1 rings (SSSR count). The number of alkyl halides is 6. The quantitative estimate of drug-likeness (QED) is 0.493. The molecule has 0 saturated carbocycles. The number of likely N-dealkylation sites (N-methyl/N-ethyl adjacent to an activating group) is 1. The number of anilines is 1. The lowest BCUT2D eigenvalue weighted by Crippen LogP contribution is -2.26. The molecule has 1 aromatic carbocycles. The summed E-state index contributed by atoms with van der Waals surface area (Å²) in [5, 5.41) is 8.52. The molecule has 0 spiro atoms. The summed E-state index contributed by atoms with van der Waals surface area (Å²) in [5.41, 5.74) is -3.45. The van der Waals surface area contributed by atoms with E-state index in [0.29, 0.717) is 12.1 Å². The van der Waals surface area contributed by atoms with Crippen molar-refractivity contribution in [2.45, 2.75) is 51.9 Å². The van der Waals surface area contributed by atoms with Crippen LogP contribution in [0.1, 0.15) is 50.7 Å². The van der Waals surface area contributed by atoms with Crippen molar-refractivity contribution >= 4 is 11.7 Å². The number of aliphatic carboxylic acids is 1. The van der Waals surface area contributed by atoms with Gasteiger partial charge in [-0.25, -0.2) is 0 Å². The van der Waals surface area contributed by atoms with Crippen LogP contribution in [0.25, 0.3) is 0 Å². The molecule has 0 radical (unpaired) electrons. The molecule has 0 heterocycles. The second-order valence-electron chi connectivity index (χ2n) is 5.72. The summed E-state index contributed by atoms with van der Waals surface area (Å²) in [6, 6.07) is 0.925. The Hall–Kier alpha value is -1.93. The minimum absolute atomic E-state index is 0.0158. The molecule has 0 aliphatic carbocycles. The summed E-state index contributed by atoms with van der Waals surface area (Å²) >= 11 is 0.